The highest BCUT2D eigenvalue weighted by Gasteiger charge is 2.20. The zero-order valence-electron chi connectivity index (χ0n) is 10.3. The summed E-state index contributed by atoms with van der Waals surface area (Å²) in [4.78, 5) is 4.22. The fourth-order valence-corrected chi connectivity index (χ4v) is 2.30. The monoisotopic (exact) mass is 288 g/mol. The van der Waals surface area contributed by atoms with Crippen molar-refractivity contribution in [2.45, 2.75) is 0 Å². The van der Waals surface area contributed by atoms with Crippen LogP contribution in [-0.2, 0) is 0 Å². The average Bonchev–Trinajstić information content (AvgIpc) is 2.82. The highest BCUT2D eigenvalue weighted by Crippen LogP contribution is 2.39. The van der Waals surface area contributed by atoms with Crippen LogP contribution >= 0.6 is 11.6 Å². The molecule has 0 atom stereocenters. The molecule has 0 saturated heterocycles. The van der Waals surface area contributed by atoms with E-state index in [2.05, 4.69) is 15.2 Å². The number of nitrogens with zero attached hydrogens (tertiary/aromatic N) is 2. The number of nitrogens with one attached hydrogen (secondary N) is 1. The van der Waals surface area contributed by atoms with Gasteiger partial charge < -0.3 is 5.73 Å². The fraction of sp³-hybridized carbons (Fsp3) is 0. The Kier molecular flexibility index (Phi) is 3.12. The van der Waals surface area contributed by atoms with Crippen molar-refractivity contribution >= 4 is 17.4 Å². The van der Waals surface area contributed by atoms with E-state index in [4.69, 9.17) is 17.3 Å². The molecular weight excluding hydrogens is 279 g/mol. The number of H-pyrrole nitrogens is 1. The van der Waals surface area contributed by atoms with Crippen molar-refractivity contribution in [3.8, 4) is 22.5 Å². The smallest absolute Gasteiger partial charge is 0.153 e. The number of rotatable bonds is 2. The van der Waals surface area contributed by atoms with Gasteiger partial charge in [-0.1, -0.05) is 23.7 Å². The van der Waals surface area contributed by atoms with Gasteiger partial charge in [0.05, 0.1) is 22.0 Å². The van der Waals surface area contributed by atoms with E-state index in [1.165, 1.54) is 12.1 Å². The van der Waals surface area contributed by atoms with Crippen LogP contribution in [-0.4, -0.2) is 15.2 Å². The van der Waals surface area contributed by atoms with Crippen LogP contribution in [0.5, 0.6) is 0 Å². The lowest BCUT2D eigenvalue weighted by molar-refractivity contribution is 0.631. The molecule has 3 rings (SSSR count). The molecule has 0 aliphatic rings. The summed E-state index contributed by atoms with van der Waals surface area (Å²) in [5.41, 5.74) is 7.65. The largest absolute Gasteiger partial charge is 0.382 e. The van der Waals surface area contributed by atoms with Crippen LogP contribution < -0.4 is 5.73 Å². The van der Waals surface area contributed by atoms with Gasteiger partial charge in [-0.05, 0) is 24.3 Å². The minimum absolute atomic E-state index is 0.178. The first kappa shape index (κ1) is 12.6. The van der Waals surface area contributed by atoms with Crippen LogP contribution in [0.2, 0.25) is 5.02 Å². The summed E-state index contributed by atoms with van der Waals surface area (Å²) in [5, 5.41) is 6.99. The maximum Gasteiger partial charge on any atom is 0.153 e. The van der Waals surface area contributed by atoms with E-state index in [0.29, 0.717) is 17.0 Å². The number of hydrogen-bond donors (Lipinski definition) is 2. The molecule has 0 aliphatic carbocycles. The van der Waals surface area contributed by atoms with Gasteiger partial charge in [-0.25, -0.2) is 4.39 Å². The zero-order valence-corrected chi connectivity index (χ0v) is 11.0. The number of aromatic amines is 1. The molecule has 4 nitrogen and oxygen atoms in total. The molecule has 3 N–H and O–H groups in total. The standard InChI is InChI=1S/C14H10ClFN4/c15-8-4-3-5-9(16)11(8)12-13(19-20-14(12)17)10-6-1-2-7-18-10/h1-7H,(H3,17,19,20). The van der Waals surface area contributed by atoms with Gasteiger partial charge in [0.2, 0.25) is 0 Å². The highest BCUT2D eigenvalue weighted by molar-refractivity contribution is 6.33. The molecule has 2 aromatic heterocycles. The molecule has 0 spiro atoms. The molecule has 0 fully saturated rings. The first-order chi connectivity index (χ1) is 9.68. The van der Waals surface area contributed by atoms with Crippen molar-refractivity contribution in [2.24, 2.45) is 0 Å². The number of pyridine rings is 1. The van der Waals surface area contributed by atoms with Crippen molar-refractivity contribution < 1.29 is 4.39 Å². The number of halogens is 2. The Balaban J connectivity index is 2.28. The highest BCUT2D eigenvalue weighted by atomic mass is 35.5. The van der Waals surface area contributed by atoms with Crippen LogP contribution in [0, 0.1) is 5.82 Å². The van der Waals surface area contributed by atoms with Crippen molar-refractivity contribution in [3.63, 3.8) is 0 Å². The van der Waals surface area contributed by atoms with E-state index in [1.54, 1.807) is 24.4 Å². The Labute approximate surface area is 119 Å². The second kappa shape index (κ2) is 4.94. The summed E-state index contributed by atoms with van der Waals surface area (Å²) >= 11 is 6.09. The summed E-state index contributed by atoms with van der Waals surface area (Å²) in [5.74, 6) is -0.277. The minimum Gasteiger partial charge on any atom is -0.382 e. The third-order valence-electron chi connectivity index (χ3n) is 2.93. The quantitative estimate of drug-likeness (QED) is 0.758. The van der Waals surface area contributed by atoms with E-state index in [0.717, 1.165) is 0 Å². The molecule has 6 heteroatoms. The van der Waals surface area contributed by atoms with Crippen LogP contribution in [0.1, 0.15) is 0 Å². The number of benzene rings is 1. The summed E-state index contributed by atoms with van der Waals surface area (Å²) < 4.78 is 14.1. The summed E-state index contributed by atoms with van der Waals surface area (Å²) in [7, 11) is 0. The van der Waals surface area contributed by atoms with Gasteiger partial charge in [0, 0.05) is 11.8 Å². The Morgan fingerprint density at radius 3 is 2.65 bits per heavy atom. The summed E-state index contributed by atoms with van der Waals surface area (Å²) in [6.07, 6.45) is 1.64. The van der Waals surface area contributed by atoms with Crippen molar-refractivity contribution in [3.05, 3.63) is 53.4 Å². The van der Waals surface area contributed by atoms with Gasteiger partial charge in [-0.15, -0.1) is 0 Å². The number of anilines is 1. The maximum absolute atomic E-state index is 14.1. The van der Waals surface area contributed by atoms with Gasteiger partial charge in [-0.3, -0.25) is 10.1 Å². The summed E-state index contributed by atoms with van der Waals surface area (Å²) in [6.45, 7) is 0. The van der Waals surface area contributed by atoms with E-state index >= 15 is 0 Å². The predicted molar refractivity (Wildman–Crippen MR) is 76.6 cm³/mol. The molecule has 0 bridgehead atoms. The molecule has 0 unspecified atom stereocenters. The Morgan fingerprint density at radius 1 is 1.10 bits per heavy atom. The molecule has 20 heavy (non-hydrogen) atoms. The van der Waals surface area contributed by atoms with Gasteiger partial charge >= 0.3 is 0 Å². The molecule has 0 saturated carbocycles. The lowest BCUT2D eigenvalue weighted by atomic mass is 10.0. The van der Waals surface area contributed by atoms with Crippen LogP contribution in [0.25, 0.3) is 22.5 Å². The maximum atomic E-state index is 14.1. The van der Waals surface area contributed by atoms with Crippen LogP contribution in [0.3, 0.4) is 0 Å². The molecule has 100 valence electrons. The topological polar surface area (TPSA) is 67.6 Å². The molecule has 0 aliphatic heterocycles. The second-order valence-electron chi connectivity index (χ2n) is 4.17. The van der Waals surface area contributed by atoms with Crippen molar-refractivity contribution in [1.82, 2.24) is 15.2 Å². The normalized spacial score (nSPS) is 10.7. The van der Waals surface area contributed by atoms with E-state index in [1.807, 2.05) is 6.07 Å². The number of nitrogen functional groups attached to an aromatic ring is 1. The van der Waals surface area contributed by atoms with Gasteiger partial charge in [-0.2, -0.15) is 5.10 Å². The van der Waals surface area contributed by atoms with Crippen LogP contribution in [0.15, 0.2) is 42.6 Å². The lowest BCUT2D eigenvalue weighted by Crippen LogP contribution is -1.93. The fourth-order valence-electron chi connectivity index (χ4n) is 2.04. The number of aromatic nitrogens is 3. The molecule has 2 heterocycles. The average molecular weight is 289 g/mol. The molecular formula is C14H10ClFN4. The van der Waals surface area contributed by atoms with E-state index < -0.39 is 5.82 Å². The van der Waals surface area contributed by atoms with Crippen molar-refractivity contribution in [1.29, 1.82) is 0 Å². The second-order valence-corrected chi connectivity index (χ2v) is 4.58. The molecule has 0 amide bonds. The van der Waals surface area contributed by atoms with Gasteiger partial charge in [0.15, 0.2) is 5.82 Å². The van der Waals surface area contributed by atoms with E-state index in [9.17, 15) is 4.39 Å². The minimum atomic E-state index is -0.456. The van der Waals surface area contributed by atoms with Gasteiger partial charge in [0.25, 0.3) is 0 Å². The summed E-state index contributed by atoms with van der Waals surface area (Å²) in [6, 6.07) is 9.87. The molecule has 3 aromatic rings. The van der Waals surface area contributed by atoms with Crippen molar-refractivity contribution in [2.75, 3.05) is 5.73 Å². The number of hydrogen-bond acceptors (Lipinski definition) is 3. The Morgan fingerprint density at radius 2 is 1.95 bits per heavy atom. The lowest BCUT2D eigenvalue weighted by Gasteiger charge is -2.07. The SMILES string of the molecule is Nc1n[nH]c(-c2ccccn2)c1-c1c(F)cccc1Cl. The third kappa shape index (κ3) is 2.02. The first-order valence-electron chi connectivity index (χ1n) is 5.88. The number of nitrogens with two attached hydrogens (primary N) is 1. The van der Waals surface area contributed by atoms with E-state index in [-0.39, 0.29) is 16.4 Å². The Bertz CT molecular complexity index is 735. The Hall–Kier alpha value is -2.40. The predicted octanol–water partition coefficient (Wildman–Crippen LogP) is 3.51. The first-order valence-corrected chi connectivity index (χ1v) is 6.26. The zero-order chi connectivity index (χ0) is 14.1. The molecule has 1 aromatic carbocycles. The third-order valence-corrected chi connectivity index (χ3v) is 3.24. The van der Waals surface area contributed by atoms with Crippen LogP contribution in [0.4, 0.5) is 10.2 Å². The molecule has 0 radical (unpaired) electrons. The van der Waals surface area contributed by atoms with Gasteiger partial charge in [0.1, 0.15) is 5.82 Å².